The van der Waals surface area contributed by atoms with Crippen molar-refractivity contribution >= 4 is 17.2 Å². The number of anilines is 2. The third-order valence-electron chi connectivity index (χ3n) is 4.38. The number of hydrogen-bond donors (Lipinski definition) is 3. The lowest BCUT2D eigenvalue weighted by Gasteiger charge is -2.36. The van der Waals surface area contributed by atoms with Gasteiger partial charge in [-0.25, -0.2) is 4.99 Å². The minimum atomic E-state index is -0.910. The largest absolute Gasteiger partial charge is 0.497 e. The molecule has 0 aliphatic carbocycles. The number of aliphatic imine (C=N–C) groups is 1. The van der Waals surface area contributed by atoms with Gasteiger partial charge in [0.05, 0.1) is 7.11 Å². The van der Waals surface area contributed by atoms with Crippen LogP contribution in [-0.4, -0.2) is 32.3 Å². The number of ether oxygens (including phenoxy) is 1. The minimum Gasteiger partial charge on any atom is -0.497 e. The highest BCUT2D eigenvalue weighted by atomic mass is 16.5. The molecule has 6 nitrogen and oxygen atoms in total. The normalized spacial score (nSPS) is 18.8. The Hall–Kier alpha value is -2.57. The summed E-state index contributed by atoms with van der Waals surface area (Å²) in [6.45, 7) is 2.52. The Morgan fingerprint density at radius 1 is 1.20 bits per heavy atom. The number of nitrogens with two attached hydrogens (primary N) is 2. The van der Waals surface area contributed by atoms with Gasteiger partial charge in [-0.05, 0) is 49.9 Å². The number of aryl methyl sites for hydroxylation is 1. The maximum absolute atomic E-state index is 6.45. The van der Waals surface area contributed by atoms with Crippen LogP contribution in [0.15, 0.2) is 47.5 Å². The molecule has 2 aromatic rings. The molecule has 25 heavy (non-hydrogen) atoms. The molecule has 1 unspecified atom stereocenters. The summed E-state index contributed by atoms with van der Waals surface area (Å²) < 4.78 is 5.24. The first-order valence-electron chi connectivity index (χ1n) is 8.31. The molecule has 1 aliphatic rings. The van der Waals surface area contributed by atoms with E-state index in [4.69, 9.17) is 21.2 Å². The number of fused-ring (bicyclic) bond motifs is 1. The fraction of sp³-hybridized carbons (Fsp3) is 0.316. The van der Waals surface area contributed by atoms with Crippen molar-refractivity contribution in [3.63, 3.8) is 0 Å². The monoisotopic (exact) mass is 339 g/mol. The second kappa shape index (κ2) is 6.74. The Morgan fingerprint density at radius 2 is 1.92 bits per heavy atom. The fourth-order valence-electron chi connectivity index (χ4n) is 2.98. The van der Waals surface area contributed by atoms with Gasteiger partial charge >= 0.3 is 0 Å². The molecule has 0 amide bonds. The van der Waals surface area contributed by atoms with Gasteiger partial charge in [-0.2, -0.15) is 0 Å². The lowest BCUT2D eigenvalue weighted by molar-refractivity contribution is 0.415. The summed E-state index contributed by atoms with van der Waals surface area (Å²) in [5.41, 5.74) is 16.3. The number of rotatable bonds is 4. The van der Waals surface area contributed by atoms with E-state index in [1.54, 1.807) is 7.11 Å². The number of methoxy groups -OCH3 is 1. The molecule has 0 fully saturated rings. The van der Waals surface area contributed by atoms with Crippen LogP contribution in [0.1, 0.15) is 17.5 Å². The van der Waals surface area contributed by atoms with Crippen LogP contribution in [0.25, 0.3) is 0 Å². The Bertz CT molecular complexity index is 787. The number of hydrogen-bond acceptors (Lipinski definition) is 6. The molecule has 5 N–H and O–H groups in total. The van der Waals surface area contributed by atoms with Crippen LogP contribution in [0.3, 0.4) is 0 Å². The van der Waals surface area contributed by atoms with E-state index in [9.17, 15) is 0 Å². The fourth-order valence-corrected chi connectivity index (χ4v) is 2.98. The molecule has 0 aromatic heterocycles. The van der Waals surface area contributed by atoms with Crippen molar-refractivity contribution in [2.45, 2.75) is 19.1 Å². The zero-order valence-electron chi connectivity index (χ0n) is 14.9. The van der Waals surface area contributed by atoms with Crippen molar-refractivity contribution in [1.82, 2.24) is 0 Å². The molecule has 3 rings (SSSR count). The molecule has 0 spiro atoms. The topological polar surface area (TPSA) is 88.9 Å². The summed E-state index contributed by atoms with van der Waals surface area (Å²) in [5, 5.41) is 3.32. The molecule has 6 heteroatoms. The molecule has 1 aliphatic heterocycles. The van der Waals surface area contributed by atoms with Crippen LogP contribution >= 0.6 is 0 Å². The first kappa shape index (κ1) is 17.3. The molecule has 0 radical (unpaired) electrons. The maximum Gasteiger partial charge on any atom is 0.185 e. The average molecular weight is 339 g/mol. The third kappa shape index (κ3) is 3.45. The van der Waals surface area contributed by atoms with E-state index in [-0.39, 0.29) is 0 Å². The maximum atomic E-state index is 6.45. The first-order chi connectivity index (χ1) is 12.0. The van der Waals surface area contributed by atoms with Gasteiger partial charge in [-0.15, -0.1) is 0 Å². The van der Waals surface area contributed by atoms with Gasteiger partial charge in [0.25, 0.3) is 0 Å². The van der Waals surface area contributed by atoms with Crippen LogP contribution in [0.4, 0.5) is 11.4 Å². The summed E-state index contributed by atoms with van der Waals surface area (Å²) in [5.74, 6) is 0.725. The summed E-state index contributed by atoms with van der Waals surface area (Å²) in [4.78, 5) is 6.84. The van der Waals surface area contributed by atoms with Crippen molar-refractivity contribution in [2.75, 3.05) is 30.9 Å². The SMILES string of the molecule is COc1ccc(N(C)C2=NC(N)(CCN)Nc3ccc(C)cc32)cc1. The second-order valence-corrected chi connectivity index (χ2v) is 6.33. The van der Waals surface area contributed by atoms with E-state index in [0.717, 1.165) is 28.5 Å². The van der Waals surface area contributed by atoms with Crippen LogP contribution < -0.4 is 26.4 Å². The quantitative estimate of drug-likeness (QED) is 0.795. The smallest absolute Gasteiger partial charge is 0.185 e. The highest BCUT2D eigenvalue weighted by molar-refractivity contribution is 6.14. The zero-order valence-corrected chi connectivity index (χ0v) is 14.9. The second-order valence-electron chi connectivity index (χ2n) is 6.33. The van der Waals surface area contributed by atoms with E-state index in [2.05, 4.69) is 24.4 Å². The van der Waals surface area contributed by atoms with Crippen LogP contribution in [0.2, 0.25) is 0 Å². The number of nitrogens with one attached hydrogen (secondary N) is 1. The number of benzene rings is 2. The number of nitrogens with zero attached hydrogens (tertiary/aromatic N) is 2. The summed E-state index contributed by atoms with van der Waals surface area (Å²) >= 11 is 0. The van der Waals surface area contributed by atoms with E-state index >= 15 is 0 Å². The molecule has 0 bridgehead atoms. The molecular weight excluding hydrogens is 314 g/mol. The predicted molar refractivity (Wildman–Crippen MR) is 103 cm³/mol. The van der Waals surface area contributed by atoms with E-state index in [1.807, 2.05) is 42.3 Å². The Labute approximate surface area is 148 Å². The summed E-state index contributed by atoms with van der Waals surface area (Å²) in [7, 11) is 3.64. The predicted octanol–water partition coefficient (Wildman–Crippen LogP) is 2.27. The molecule has 2 aromatic carbocycles. The highest BCUT2D eigenvalue weighted by Gasteiger charge is 2.32. The molecule has 1 atom stereocenters. The summed E-state index contributed by atoms with van der Waals surface area (Å²) in [6, 6.07) is 14.1. The van der Waals surface area contributed by atoms with Crippen molar-refractivity contribution in [2.24, 2.45) is 16.5 Å². The van der Waals surface area contributed by atoms with Crippen LogP contribution in [0, 0.1) is 6.92 Å². The van der Waals surface area contributed by atoms with Gasteiger partial charge < -0.3 is 20.7 Å². The van der Waals surface area contributed by atoms with Crippen molar-refractivity contribution < 1.29 is 4.74 Å². The lowest BCUT2D eigenvalue weighted by Crippen LogP contribution is -2.52. The molecule has 1 heterocycles. The highest BCUT2D eigenvalue weighted by Crippen LogP contribution is 2.31. The van der Waals surface area contributed by atoms with E-state index in [0.29, 0.717) is 13.0 Å². The molecule has 0 saturated heterocycles. The lowest BCUT2D eigenvalue weighted by atomic mass is 10.0. The van der Waals surface area contributed by atoms with Crippen molar-refractivity contribution in [3.8, 4) is 5.75 Å². The van der Waals surface area contributed by atoms with E-state index < -0.39 is 5.79 Å². The van der Waals surface area contributed by atoms with Crippen molar-refractivity contribution in [3.05, 3.63) is 53.6 Å². The summed E-state index contributed by atoms with van der Waals surface area (Å²) in [6.07, 6.45) is 0.542. The van der Waals surface area contributed by atoms with Crippen LogP contribution in [0.5, 0.6) is 5.75 Å². The molecular formula is C19H25N5O. The number of amidine groups is 1. The molecule has 132 valence electrons. The van der Waals surface area contributed by atoms with E-state index in [1.165, 1.54) is 5.56 Å². The Balaban J connectivity index is 2.05. The Morgan fingerprint density at radius 3 is 2.56 bits per heavy atom. The zero-order chi connectivity index (χ0) is 18.0. The van der Waals surface area contributed by atoms with Gasteiger partial charge in [0.2, 0.25) is 0 Å². The minimum absolute atomic E-state index is 0.452. The van der Waals surface area contributed by atoms with Gasteiger partial charge in [-0.3, -0.25) is 5.73 Å². The Kier molecular flexibility index (Phi) is 4.65. The average Bonchev–Trinajstić information content (AvgIpc) is 2.61. The van der Waals surface area contributed by atoms with Crippen LogP contribution in [-0.2, 0) is 0 Å². The van der Waals surface area contributed by atoms with Gasteiger partial charge in [0.1, 0.15) is 11.6 Å². The standard InChI is InChI=1S/C19H25N5O/c1-13-4-9-17-16(12-13)18(23-19(21,22-17)10-11-20)24(2)14-5-7-15(25-3)8-6-14/h4-9,12,22H,10-11,20-21H2,1-3H3. The molecule has 0 saturated carbocycles. The van der Waals surface area contributed by atoms with Gasteiger partial charge in [0.15, 0.2) is 5.79 Å². The first-order valence-corrected chi connectivity index (χ1v) is 8.31. The van der Waals surface area contributed by atoms with Gasteiger partial charge in [0, 0.05) is 30.4 Å². The van der Waals surface area contributed by atoms with Crippen molar-refractivity contribution in [1.29, 1.82) is 0 Å². The van der Waals surface area contributed by atoms with Gasteiger partial charge in [-0.1, -0.05) is 11.6 Å². The third-order valence-corrected chi connectivity index (χ3v) is 4.38.